The molecule has 17 heavy (non-hydrogen) atoms. The fraction of sp³-hybridized carbons (Fsp3) is 0.500. The quantitative estimate of drug-likeness (QED) is 0.741. The summed E-state index contributed by atoms with van der Waals surface area (Å²) in [5, 5.41) is 21.2. The lowest BCUT2D eigenvalue weighted by molar-refractivity contribution is 0.282. The van der Waals surface area contributed by atoms with Gasteiger partial charge in [-0.2, -0.15) is 5.26 Å². The van der Waals surface area contributed by atoms with Gasteiger partial charge in [0.25, 0.3) is 0 Å². The molecule has 0 aliphatic rings. The first-order chi connectivity index (χ1) is 8.07. The van der Waals surface area contributed by atoms with E-state index in [-0.39, 0.29) is 12.0 Å². The minimum absolute atomic E-state index is 0.0665. The molecule has 0 spiro atoms. The van der Waals surface area contributed by atoms with Gasteiger partial charge in [-0.1, -0.05) is 12.1 Å². The molecule has 0 radical (unpaired) electrons. The Kier molecular flexibility index (Phi) is 4.99. The van der Waals surface area contributed by atoms with Crippen LogP contribution in [-0.2, 0) is 6.61 Å². The van der Waals surface area contributed by atoms with Gasteiger partial charge in [-0.15, -0.1) is 0 Å². The normalized spacial score (nSPS) is 10.9. The van der Waals surface area contributed by atoms with E-state index in [1.165, 1.54) is 0 Å². The van der Waals surface area contributed by atoms with Crippen LogP contribution in [0.3, 0.4) is 0 Å². The summed E-state index contributed by atoms with van der Waals surface area (Å²) in [5.41, 5.74) is 1.69. The van der Waals surface area contributed by atoms with Crippen LogP contribution in [0.4, 0.5) is 5.69 Å². The topological polar surface area (TPSA) is 56.0 Å². The second-order valence-corrected chi connectivity index (χ2v) is 4.88. The lowest BCUT2D eigenvalue weighted by atomic mass is 9.90. The van der Waals surface area contributed by atoms with E-state index in [0.717, 1.165) is 30.6 Å². The predicted molar refractivity (Wildman–Crippen MR) is 69.5 cm³/mol. The van der Waals surface area contributed by atoms with E-state index < -0.39 is 0 Å². The Hall–Kier alpha value is -1.53. The highest BCUT2D eigenvalue weighted by atomic mass is 16.3. The number of hydrogen-bond acceptors (Lipinski definition) is 3. The van der Waals surface area contributed by atoms with Gasteiger partial charge in [0.1, 0.15) is 0 Å². The smallest absolute Gasteiger partial charge is 0.0683 e. The van der Waals surface area contributed by atoms with Crippen LogP contribution in [0.25, 0.3) is 0 Å². The molecule has 0 fully saturated rings. The zero-order valence-electron chi connectivity index (χ0n) is 10.5. The second-order valence-electron chi connectivity index (χ2n) is 4.88. The number of rotatable bonds is 6. The zero-order chi connectivity index (χ0) is 12.7. The van der Waals surface area contributed by atoms with Crippen molar-refractivity contribution in [3.05, 3.63) is 29.8 Å². The highest BCUT2D eigenvalue weighted by molar-refractivity contribution is 5.45. The standard InChI is InChI=1S/C14H20N2O/c1-14(2,11-15)7-4-8-16-13-6-3-5-12(9-13)10-17/h3,5-6,9,16-17H,4,7-8,10H2,1-2H3. The molecule has 0 saturated carbocycles. The highest BCUT2D eigenvalue weighted by Crippen LogP contribution is 2.20. The van der Waals surface area contributed by atoms with Gasteiger partial charge in [0.2, 0.25) is 0 Å². The van der Waals surface area contributed by atoms with Crippen molar-refractivity contribution < 1.29 is 5.11 Å². The summed E-state index contributed by atoms with van der Waals surface area (Å²) in [7, 11) is 0. The predicted octanol–water partition coefficient (Wildman–Crippen LogP) is 2.92. The number of benzene rings is 1. The van der Waals surface area contributed by atoms with Crippen LogP contribution in [0.5, 0.6) is 0 Å². The van der Waals surface area contributed by atoms with E-state index in [1.54, 1.807) is 0 Å². The zero-order valence-corrected chi connectivity index (χ0v) is 10.5. The molecule has 0 saturated heterocycles. The number of anilines is 1. The molecule has 1 rings (SSSR count). The molecule has 3 heteroatoms. The minimum atomic E-state index is -0.241. The number of nitrogens with zero attached hydrogens (tertiary/aromatic N) is 1. The number of hydrogen-bond donors (Lipinski definition) is 2. The average Bonchev–Trinajstić information content (AvgIpc) is 2.35. The number of nitrogens with one attached hydrogen (secondary N) is 1. The monoisotopic (exact) mass is 232 g/mol. The largest absolute Gasteiger partial charge is 0.392 e. The molecule has 0 aromatic heterocycles. The first-order valence-electron chi connectivity index (χ1n) is 5.92. The molecule has 0 aliphatic heterocycles. The first-order valence-corrected chi connectivity index (χ1v) is 5.92. The van der Waals surface area contributed by atoms with Crippen LogP contribution in [0.15, 0.2) is 24.3 Å². The Bertz CT molecular complexity index is 393. The van der Waals surface area contributed by atoms with Gasteiger partial charge in [0.05, 0.1) is 18.1 Å². The molecule has 1 aromatic rings. The Labute approximate surface area is 103 Å². The number of aliphatic hydroxyl groups excluding tert-OH is 1. The number of aliphatic hydroxyl groups is 1. The van der Waals surface area contributed by atoms with E-state index >= 15 is 0 Å². The molecule has 0 unspecified atom stereocenters. The number of nitriles is 1. The maximum absolute atomic E-state index is 9.01. The van der Waals surface area contributed by atoms with Crippen molar-refractivity contribution >= 4 is 5.69 Å². The Balaban J connectivity index is 2.34. The lowest BCUT2D eigenvalue weighted by Gasteiger charge is -2.15. The molecule has 0 aliphatic carbocycles. The van der Waals surface area contributed by atoms with Crippen molar-refractivity contribution in [1.29, 1.82) is 5.26 Å². The molecule has 3 nitrogen and oxygen atoms in total. The van der Waals surface area contributed by atoms with E-state index in [9.17, 15) is 0 Å². The van der Waals surface area contributed by atoms with Crippen molar-refractivity contribution in [1.82, 2.24) is 0 Å². The van der Waals surface area contributed by atoms with Gasteiger partial charge in [0, 0.05) is 12.2 Å². The summed E-state index contributed by atoms with van der Waals surface area (Å²) in [6.45, 7) is 4.83. The van der Waals surface area contributed by atoms with E-state index in [1.807, 2.05) is 38.1 Å². The molecule has 0 heterocycles. The average molecular weight is 232 g/mol. The molecular formula is C14H20N2O. The Morgan fingerprint density at radius 2 is 2.18 bits per heavy atom. The van der Waals surface area contributed by atoms with Gasteiger partial charge in [-0.3, -0.25) is 0 Å². The molecule has 92 valence electrons. The summed E-state index contributed by atoms with van der Waals surface area (Å²) in [6, 6.07) is 10.0. The third kappa shape index (κ3) is 4.88. The van der Waals surface area contributed by atoms with Crippen LogP contribution in [0, 0.1) is 16.7 Å². The third-order valence-corrected chi connectivity index (χ3v) is 2.72. The summed E-state index contributed by atoms with van der Waals surface area (Å²) in [5.74, 6) is 0. The molecule has 0 atom stereocenters. The maximum Gasteiger partial charge on any atom is 0.0683 e. The van der Waals surface area contributed by atoms with E-state index in [2.05, 4.69) is 11.4 Å². The highest BCUT2D eigenvalue weighted by Gasteiger charge is 2.15. The summed E-state index contributed by atoms with van der Waals surface area (Å²) < 4.78 is 0. The summed E-state index contributed by atoms with van der Waals surface area (Å²) in [4.78, 5) is 0. The van der Waals surface area contributed by atoms with Crippen molar-refractivity contribution in [3.8, 4) is 6.07 Å². The Morgan fingerprint density at radius 1 is 1.41 bits per heavy atom. The van der Waals surface area contributed by atoms with E-state index in [4.69, 9.17) is 10.4 Å². The Morgan fingerprint density at radius 3 is 2.82 bits per heavy atom. The van der Waals surface area contributed by atoms with Gasteiger partial charge < -0.3 is 10.4 Å². The fourth-order valence-electron chi connectivity index (χ4n) is 1.60. The van der Waals surface area contributed by atoms with Crippen molar-refractivity contribution in [2.24, 2.45) is 5.41 Å². The van der Waals surface area contributed by atoms with Crippen LogP contribution in [0.1, 0.15) is 32.3 Å². The van der Waals surface area contributed by atoms with Crippen molar-refractivity contribution in [2.45, 2.75) is 33.3 Å². The van der Waals surface area contributed by atoms with Crippen molar-refractivity contribution in [2.75, 3.05) is 11.9 Å². The van der Waals surface area contributed by atoms with E-state index in [0.29, 0.717) is 0 Å². The lowest BCUT2D eigenvalue weighted by Crippen LogP contribution is -2.11. The van der Waals surface area contributed by atoms with Crippen molar-refractivity contribution in [3.63, 3.8) is 0 Å². The van der Waals surface area contributed by atoms with Crippen LogP contribution >= 0.6 is 0 Å². The molecule has 1 aromatic carbocycles. The van der Waals surface area contributed by atoms with Gasteiger partial charge in [-0.25, -0.2) is 0 Å². The summed E-state index contributed by atoms with van der Waals surface area (Å²) >= 11 is 0. The van der Waals surface area contributed by atoms with Gasteiger partial charge >= 0.3 is 0 Å². The SMILES string of the molecule is CC(C)(C#N)CCCNc1cccc(CO)c1. The summed E-state index contributed by atoms with van der Waals surface area (Å²) in [6.07, 6.45) is 1.85. The van der Waals surface area contributed by atoms with Gasteiger partial charge in [0.15, 0.2) is 0 Å². The van der Waals surface area contributed by atoms with Crippen LogP contribution in [-0.4, -0.2) is 11.7 Å². The fourth-order valence-corrected chi connectivity index (χ4v) is 1.60. The third-order valence-electron chi connectivity index (χ3n) is 2.72. The molecule has 0 amide bonds. The molecule has 0 bridgehead atoms. The maximum atomic E-state index is 9.01. The van der Waals surface area contributed by atoms with Crippen LogP contribution in [0.2, 0.25) is 0 Å². The van der Waals surface area contributed by atoms with Crippen LogP contribution < -0.4 is 5.32 Å². The van der Waals surface area contributed by atoms with Gasteiger partial charge in [-0.05, 0) is 44.4 Å². The second kappa shape index (κ2) is 6.27. The first kappa shape index (κ1) is 13.5. The molecular weight excluding hydrogens is 212 g/mol. The molecule has 2 N–H and O–H groups in total. The minimum Gasteiger partial charge on any atom is -0.392 e.